The van der Waals surface area contributed by atoms with Gasteiger partial charge in [0.2, 0.25) is 41.4 Å². The van der Waals surface area contributed by atoms with Gasteiger partial charge in [-0.1, -0.05) is 98.1 Å². The van der Waals surface area contributed by atoms with E-state index in [1.54, 1.807) is 32.7 Å². The van der Waals surface area contributed by atoms with E-state index in [-0.39, 0.29) is 110 Å². The van der Waals surface area contributed by atoms with E-state index >= 15 is 0 Å². The number of urea groups is 1. The Morgan fingerprint density at radius 1 is 0.721 bits per heavy atom. The minimum Gasteiger partial charge on any atom is -0.467 e. The molecule has 0 aromatic heterocycles. The van der Waals surface area contributed by atoms with Crippen LogP contribution in [0.3, 0.4) is 0 Å². The summed E-state index contributed by atoms with van der Waals surface area (Å²) in [6.45, 7) is 13.2. The van der Waals surface area contributed by atoms with Crippen molar-refractivity contribution < 1.29 is 67.0 Å². The Labute approximate surface area is 506 Å². The first-order chi connectivity index (χ1) is 40.9. The van der Waals surface area contributed by atoms with Crippen molar-refractivity contribution in [3.63, 3.8) is 0 Å². The molecule has 2 aliphatic rings. The second-order valence-corrected chi connectivity index (χ2v) is 23.5. The second kappa shape index (κ2) is 35.4. The van der Waals surface area contributed by atoms with Crippen molar-refractivity contribution in [1.82, 2.24) is 36.4 Å². The van der Waals surface area contributed by atoms with Crippen LogP contribution in [0.5, 0.6) is 0 Å². The number of hydrogen-bond donors (Lipinski definition) is 7. The van der Waals surface area contributed by atoms with E-state index in [1.165, 1.54) is 50.5 Å². The Morgan fingerprint density at radius 3 is 1.94 bits per heavy atom. The molecule has 4 rings (SSSR count). The van der Waals surface area contributed by atoms with Gasteiger partial charge in [0.1, 0.15) is 30.0 Å². The molecule has 23 heteroatoms. The molecule has 2 fully saturated rings. The molecule has 1 saturated carbocycles. The predicted octanol–water partition coefficient (Wildman–Crippen LogP) is 4.98. The molecule has 1 heterocycles. The van der Waals surface area contributed by atoms with Gasteiger partial charge in [-0.05, 0) is 92.0 Å². The minimum absolute atomic E-state index is 0.0284. The number of unbranched alkanes of at least 4 members (excludes halogenated alkanes) is 2. The number of benzene rings is 2. The number of esters is 1. The van der Waals surface area contributed by atoms with Gasteiger partial charge < -0.3 is 56.7 Å². The van der Waals surface area contributed by atoms with Crippen LogP contribution in [-0.4, -0.2) is 159 Å². The fourth-order valence-corrected chi connectivity index (χ4v) is 11.6. The molecule has 0 bridgehead atoms. The number of ketones is 1. The van der Waals surface area contributed by atoms with Gasteiger partial charge in [0.25, 0.3) is 5.91 Å². The monoisotopic (exact) mass is 1200 g/mol. The average molecular weight is 1200 g/mol. The Morgan fingerprint density at radius 2 is 1.36 bits per heavy atom. The van der Waals surface area contributed by atoms with Crippen LogP contribution in [0.4, 0.5) is 10.5 Å². The molecule has 23 nitrogen and oxygen atoms in total. The number of nitrogens with one attached hydrogen (secondary N) is 6. The lowest BCUT2D eigenvalue weighted by Gasteiger charge is -2.40. The highest BCUT2D eigenvalue weighted by Gasteiger charge is 2.45. The van der Waals surface area contributed by atoms with Crippen molar-refractivity contribution in [3.05, 3.63) is 65.7 Å². The molecule has 86 heavy (non-hydrogen) atoms. The molecule has 11 atom stereocenters. The predicted molar refractivity (Wildman–Crippen MR) is 322 cm³/mol. The first-order valence-electron chi connectivity index (χ1n) is 30.3. The van der Waals surface area contributed by atoms with Gasteiger partial charge in [0.05, 0.1) is 31.3 Å². The van der Waals surface area contributed by atoms with Gasteiger partial charge in [-0.15, -0.1) is 0 Å². The van der Waals surface area contributed by atoms with Gasteiger partial charge in [0.15, 0.2) is 0 Å². The van der Waals surface area contributed by atoms with Crippen molar-refractivity contribution in [3.8, 4) is 0 Å². The Hall–Kier alpha value is -7.27. The minimum atomic E-state index is -1.13. The smallest absolute Gasteiger partial charge is 0.328 e. The normalized spacial score (nSPS) is 18.1. The lowest BCUT2D eigenvalue weighted by atomic mass is 9.79. The van der Waals surface area contributed by atoms with Crippen LogP contribution in [0.15, 0.2) is 54.6 Å². The highest BCUT2D eigenvalue weighted by molar-refractivity contribution is 6.02. The number of rotatable bonds is 36. The fourth-order valence-electron chi connectivity index (χ4n) is 11.6. The van der Waals surface area contributed by atoms with Gasteiger partial charge in [-0.25, -0.2) is 9.59 Å². The molecule has 0 spiro atoms. The van der Waals surface area contributed by atoms with Gasteiger partial charge in [-0.3, -0.25) is 48.1 Å². The average Bonchev–Trinajstić information content (AvgIpc) is 2.50. The van der Waals surface area contributed by atoms with E-state index in [1.807, 2.05) is 58.0 Å². The standard InChI is InChI=1S/C63H95N9O14/c1-12-39(6)55(49(84-9)36-48(73)44-23-19-24-45(44)56(85-10)40(7)57(77)68-47(62(82)86-11)35-41-21-15-13-16-22-41)71(8)61(81)54(38(4)5)70-58(78)42-27-29-43(30-28-42)66-59(79)46(25-20-33-65-63(64)83)67-60(80)53(37(2)3)69-50(74)26-17-14-18-34-72-51(75)31-32-52(72)76/h13,15-16,21-22,27-30,37-40,44-47,49,53-56H,12,14,17-20,23-26,31-36H2,1-11H3,(H,66,79)(H,67,80)(H,68,77)(H,69,74)(H,70,78)(H3,64,65,83)/t39-,40+,44?,45+,46-,47-,49+,53-,54-,55-,56+/m0/s1. The molecule has 476 valence electrons. The zero-order chi connectivity index (χ0) is 63.8. The maximum Gasteiger partial charge on any atom is 0.328 e. The lowest BCUT2D eigenvalue weighted by molar-refractivity contribution is -0.147. The molecule has 2 aromatic rings. The molecular formula is C63H95N9O14. The number of likely N-dealkylation sites (tertiary alicyclic amines) is 1. The number of anilines is 1. The van der Waals surface area contributed by atoms with E-state index in [2.05, 4.69) is 31.9 Å². The van der Waals surface area contributed by atoms with Gasteiger partial charge >= 0.3 is 12.0 Å². The van der Waals surface area contributed by atoms with Gasteiger partial charge in [0, 0.05) is 83.6 Å². The molecule has 1 saturated heterocycles. The number of amides is 10. The number of primary amides is 1. The summed E-state index contributed by atoms with van der Waals surface area (Å²) in [4.78, 5) is 149. The first-order valence-corrected chi connectivity index (χ1v) is 30.3. The fraction of sp³-hybridized carbons (Fsp3) is 0.635. The van der Waals surface area contributed by atoms with Gasteiger partial charge in [-0.2, -0.15) is 0 Å². The summed E-state index contributed by atoms with van der Waals surface area (Å²) in [7, 11) is 5.94. The molecule has 10 amide bonds. The molecule has 8 N–H and O–H groups in total. The number of carbonyl (C=O) groups is 11. The molecule has 1 unspecified atom stereocenters. The lowest BCUT2D eigenvalue weighted by Crippen LogP contribution is -2.57. The first kappa shape index (κ1) is 71.2. The summed E-state index contributed by atoms with van der Waals surface area (Å²) >= 11 is 0. The molecule has 1 aliphatic heterocycles. The molecule has 2 aromatic carbocycles. The molecule has 1 aliphatic carbocycles. The number of nitrogens with zero attached hydrogens (tertiary/aromatic N) is 2. The number of likely N-dealkylation sites (N-methyl/N-ethyl adjacent to an activating group) is 1. The Bertz CT molecular complexity index is 2600. The van der Waals surface area contributed by atoms with Crippen molar-refractivity contribution in [2.45, 2.75) is 181 Å². The number of Topliss-reactive ketones (excluding diaryl/α,β-unsaturated/α-hetero) is 1. The number of carbonyl (C=O) groups excluding carboxylic acids is 11. The van der Waals surface area contributed by atoms with Crippen LogP contribution in [0.1, 0.15) is 148 Å². The van der Waals surface area contributed by atoms with Crippen molar-refractivity contribution in [2.75, 3.05) is 46.8 Å². The Balaban J connectivity index is 1.41. The summed E-state index contributed by atoms with van der Waals surface area (Å²) in [5.74, 6) is -6.43. The largest absolute Gasteiger partial charge is 0.467 e. The van der Waals surface area contributed by atoms with Crippen molar-refractivity contribution in [2.24, 2.45) is 41.2 Å². The Kier molecular flexibility index (Phi) is 29.3. The van der Waals surface area contributed by atoms with Crippen molar-refractivity contribution >= 4 is 70.7 Å². The van der Waals surface area contributed by atoms with Crippen LogP contribution >= 0.6 is 0 Å². The number of hydrogen-bond acceptors (Lipinski definition) is 14. The second-order valence-electron chi connectivity index (χ2n) is 23.5. The van der Waals surface area contributed by atoms with Crippen LogP contribution in [0, 0.1) is 35.5 Å². The highest BCUT2D eigenvalue weighted by Crippen LogP contribution is 2.40. The van der Waals surface area contributed by atoms with Crippen LogP contribution in [0.2, 0.25) is 0 Å². The van der Waals surface area contributed by atoms with Crippen LogP contribution in [-0.2, 0) is 63.8 Å². The number of ether oxygens (including phenoxy) is 3. The topological polar surface area (TPSA) is 320 Å². The maximum atomic E-state index is 14.7. The summed E-state index contributed by atoms with van der Waals surface area (Å²) in [6, 6.07) is 9.82. The maximum absolute atomic E-state index is 14.7. The van der Waals surface area contributed by atoms with E-state index < -0.39 is 95.8 Å². The summed E-state index contributed by atoms with van der Waals surface area (Å²) < 4.78 is 17.1. The number of methoxy groups -OCH3 is 3. The third-order valence-electron chi connectivity index (χ3n) is 16.7. The number of imide groups is 1. The third kappa shape index (κ3) is 21.0. The highest BCUT2D eigenvalue weighted by atomic mass is 16.5. The van der Waals surface area contributed by atoms with E-state index in [0.29, 0.717) is 45.1 Å². The third-order valence-corrected chi connectivity index (χ3v) is 16.7. The summed E-state index contributed by atoms with van der Waals surface area (Å²) in [5, 5.41) is 16.5. The molecule has 0 radical (unpaired) electrons. The van der Waals surface area contributed by atoms with Crippen molar-refractivity contribution in [1.29, 1.82) is 0 Å². The van der Waals surface area contributed by atoms with E-state index in [4.69, 9.17) is 19.9 Å². The molecular weight excluding hydrogens is 1110 g/mol. The van der Waals surface area contributed by atoms with Crippen LogP contribution in [0.25, 0.3) is 0 Å². The van der Waals surface area contributed by atoms with E-state index in [9.17, 15) is 52.7 Å². The summed E-state index contributed by atoms with van der Waals surface area (Å²) in [6.07, 6.45) is 3.83. The quantitative estimate of drug-likeness (QED) is 0.0269. The van der Waals surface area contributed by atoms with E-state index in [0.717, 1.165) is 12.0 Å². The zero-order valence-electron chi connectivity index (χ0n) is 52.2. The summed E-state index contributed by atoms with van der Waals surface area (Å²) in [5.41, 5.74) is 6.55. The zero-order valence-corrected chi connectivity index (χ0v) is 52.2. The SMILES string of the molecule is CC[C@H](C)[C@@H]([C@@H](CC(=O)C1CCC[C@H]1[C@H](OC)[C@@H](C)C(=O)N[C@@H](Cc1ccccc1)C(=O)OC)OC)N(C)C(=O)[C@@H](NC(=O)c1ccc(NC(=O)[C@H](CCCNC(N)=O)NC(=O)[C@@H](NC(=O)CCCCCN2C(=O)CCC2=O)C(C)C)cc1)C(C)C. The number of nitrogens with two attached hydrogens (primary N) is 1. The van der Waals surface area contributed by atoms with Crippen LogP contribution < -0.4 is 37.6 Å².